The summed E-state index contributed by atoms with van der Waals surface area (Å²) in [6, 6.07) is 0. The van der Waals surface area contributed by atoms with E-state index in [1.54, 1.807) is 6.08 Å². The number of aliphatic hydroxyl groups excluding tert-OH is 5. The van der Waals surface area contributed by atoms with Gasteiger partial charge in [0.05, 0.1) is 38.1 Å². The van der Waals surface area contributed by atoms with E-state index in [1.807, 2.05) is 36.5 Å². The van der Waals surface area contributed by atoms with E-state index in [4.69, 9.17) is 19.1 Å². The third-order valence-electron chi connectivity index (χ3n) is 10.1. The molecule has 0 aliphatic heterocycles. The molecule has 1 unspecified atom stereocenters. The minimum absolute atomic E-state index is 0.0128. The number of esters is 2. The van der Waals surface area contributed by atoms with Crippen molar-refractivity contribution >= 4 is 19.8 Å². The van der Waals surface area contributed by atoms with Crippen LogP contribution in [0, 0.1) is 11.8 Å². The van der Waals surface area contributed by atoms with Crippen molar-refractivity contribution in [3.63, 3.8) is 0 Å². The van der Waals surface area contributed by atoms with Crippen LogP contribution >= 0.6 is 7.82 Å². The normalized spacial score (nSPS) is 21.1. The standard InChI is InChI=1S/C48H79O13P/c1-3-5-7-8-9-10-11-12-13-14-15-16-17-18-19-20-21-22-27-31-47(54)58-38-42(39-60-62(56,57)59-37-41(51)36-49)61-48(55)32-28-24-23-26-30-43-44(46(53)35-45(43)52)34-33-40(50)29-25-6-4-2/h9-10,12-13,15-16,18-19,21-23,26,33-34,40-46,49-53H,3-8,11,14,17,20,24-25,27-32,35-39H2,1-2H3,(H,56,57)/b10-9-,13-12-,16-15-,19-18-,22-21-,26-23+,34-33+/t40-,41-,42+,43+,44+,45-,46+/m0/s1. The number of allylic oxidation sites excluding steroid dienone is 12. The number of aliphatic hydroxyl groups is 5. The summed E-state index contributed by atoms with van der Waals surface area (Å²) in [5.41, 5.74) is 0. The molecule has 62 heavy (non-hydrogen) atoms. The lowest BCUT2D eigenvalue weighted by Crippen LogP contribution is -2.29. The molecular weight excluding hydrogens is 815 g/mol. The number of carbonyl (C=O) groups is 2. The first-order valence-corrected chi connectivity index (χ1v) is 24.3. The van der Waals surface area contributed by atoms with Crippen LogP contribution in [-0.2, 0) is 32.7 Å². The Morgan fingerprint density at radius 2 is 1.24 bits per heavy atom. The SMILES string of the molecule is CCCCC/C=C\C/C=C\C/C=C\C/C=C\C/C=C\CCC(=O)OC[C@H](COP(=O)(O)OC[C@@H](O)CO)OC(=O)CCC/C=C/C[C@@H]1[C@@H](/C=C/[C@@H](O)CCCCC)[C@H](O)C[C@@H]1O. The minimum Gasteiger partial charge on any atom is -0.462 e. The Hall–Kier alpha value is -2.97. The van der Waals surface area contributed by atoms with E-state index in [9.17, 15) is 39.5 Å². The predicted octanol–water partition coefficient (Wildman–Crippen LogP) is 8.60. The van der Waals surface area contributed by atoms with Gasteiger partial charge in [0.25, 0.3) is 0 Å². The highest BCUT2D eigenvalue weighted by molar-refractivity contribution is 7.47. The molecule has 0 radical (unpaired) electrons. The van der Waals surface area contributed by atoms with Gasteiger partial charge in [-0.2, -0.15) is 0 Å². The second kappa shape index (κ2) is 37.4. The van der Waals surface area contributed by atoms with Crippen LogP contribution in [0.2, 0.25) is 0 Å². The molecule has 6 N–H and O–H groups in total. The summed E-state index contributed by atoms with van der Waals surface area (Å²) in [5, 5.41) is 49.7. The van der Waals surface area contributed by atoms with Gasteiger partial charge in [-0.15, -0.1) is 0 Å². The highest BCUT2D eigenvalue weighted by Gasteiger charge is 2.39. The van der Waals surface area contributed by atoms with E-state index in [0.29, 0.717) is 38.5 Å². The topological polar surface area (TPSA) is 210 Å². The average molecular weight is 895 g/mol. The first-order chi connectivity index (χ1) is 29.9. The molecule has 0 heterocycles. The zero-order chi connectivity index (χ0) is 45.7. The summed E-state index contributed by atoms with van der Waals surface area (Å²) in [5.74, 6) is -1.70. The highest BCUT2D eigenvalue weighted by atomic mass is 31.2. The lowest BCUT2D eigenvalue weighted by Gasteiger charge is -2.20. The van der Waals surface area contributed by atoms with Crippen LogP contribution in [-0.4, -0.2) is 99.3 Å². The number of hydrogen-bond acceptors (Lipinski definition) is 12. The van der Waals surface area contributed by atoms with Gasteiger partial charge >= 0.3 is 19.8 Å². The van der Waals surface area contributed by atoms with Crippen LogP contribution in [0.4, 0.5) is 0 Å². The minimum atomic E-state index is -4.71. The van der Waals surface area contributed by atoms with Crippen molar-refractivity contribution in [2.45, 2.75) is 166 Å². The molecule has 1 fully saturated rings. The summed E-state index contributed by atoms with van der Waals surface area (Å²) in [4.78, 5) is 35.2. The van der Waals surface area contributed by atoms with Gasteiger partial charge in [0.15, 0.2) is 6.10 Å². The van der Waals surface area contributed by atoms with Crippen LogP contribution in [0.5, 0.6) is 0 Å². The number of carbonyl (C=O) groups excluding carboxylic acids is 2. The summed E-state index contributed by atoms with van der Waals surface area (Å²) in [6.45, 7) is 1.87. The molecule has 0 spiro atoms. The molecule has 14 heteroatoms. The average Bonchev–Trinajstić information content (AvgIpc) is 3.52. The second-order valence-corrected chi connectivity index (χ2v) is 17.1. The van der Waals surface area contributed by atoms with Crippen molar-refractivity contribution in [1.82, 2.24) is 0 Å². The molecule has 354 valence electrons. The molecule has 0 aromatic carbocycles. The van der Waals surface area contributed by atoms with Crippen molar-refractivity contribution in [3.05, 3.63) is 85.1 Å². The van der Waals surface area contributed by atoms with Gasteiger partial charge < -0.3 is 39.9 Å². The molecule has 13 nitrogen and oxygen atoms in total. The first-order valence-electron chi connectivity index (χ1n) is 22.8. The molecule has 1 rings (SSSR count). The first kappa shape index (κ1) is 57.0. The Balaban J connectivity index is 2.52. The maximum Gasteiger partial charge on any atom is 0.472 e. The molecule has 1 saturated carbocycles. The Bertz CT molecular complexity index is 1420. The van der Waals surface area contributed by atoms with Gasteiger partial charge in [-0.05, 0) is 76.5 Å². The molecule has 0 bridgehead atoms. The Labute approximate surface area is 371 Å². The van der Waals surface area contributed by atoms with E-state index >= 15 is 0 Å². The van der Waals surface area contributed by atoms with Crippen LogP contribution in [0.15, 0.2) is 85.1 Å². The van der Waals surface area contributed by atoms with Crippen LogP contribution < -0.4 is 0 Å². The van der Waals surface area contributed by atoms with Crippen molar-refractivity contribution in [3.8, 4) is 0 Å². The zero-order valence-electron chi connectivity index (χ0n) is 37.4. The largest absolute Gasteiger partial charge is 0.472 e. The lowest BCUT2D eigenvalue weighted by atomic mass is 9.89. The molecule has 0 aromatic rings. The maximum absolute atomic E-state index is 12.7. The number of ether oxygens (including phenoxy) is 2. The predicted molar refractivity (Wildman–Crippen MR) is 244 cm³/mol. The molecular formula is C48H79O13P. The summed E-state index contributed by atoms with van der Waals surface area (Å²) in [6.07, 6.45) is 38.0. The molecule has 1 aliphatic rings. The fraction of sp³-hybridized carbons (Fsp3) is 0.667. The van der Waals surface area contributed by atoms with Crippen LogP contribution in [0.3, 0.4) is 0 Å². The third-order valence-corrected chi connectivity index (χ3v) is 11.1. The van der Waals surface area contributed by atoms with Crippen molar-refractivity contribution in [1.29, 1.82) is 0 Å². The highest BCUT2D eigenvalue weighted by Crippen LogP contribution is 2.43. The fourth-order valence-corrected chi connectivity index (χ4v) is 7.29. The van der Waals surface area contributed by atoms with Gasteiger partial charge in [0.1, 0.15) is 12.7 Å². The van der Waals surface area contributed by atoms with Gasteiger partial charge in [-0.25, -0.2) is 4.57 Å². The van der Waals surface area contributed by atoms with E-state index in [1.165, 1.54) is 19.3 Å². The monoisotopic (exact) mass is 895 g/mol. The van der Waals surface area contributed by atoms with Crippen molar-refractivity contribution in [2.24, 2.45) is 11.8 Å². The molecule has 1 aliphatic carbocycles. The number of unbranched alkanes of at least 4 members (excludes halogenated alkanes) is 6. The van der Waals surface area contributed by atoms with Crippen LogP contribution in [0.1, 0.15) is 136 Å². The Kier molecular flexibility index (Phi) is 34.4. The third kappa shape index (κ3) is 31.0. The van der Waals surface area contributed by atoms with Gasteiger partial charge in [-0.1, -0.05) is 131 Å². The molecule has 0 aromatic heterocycles. The summed E-state index contributed by atoms with van der Waals surface area (Å²) >= 11 is 0. The van der Waals surface area contributed by atoms with E-state index < -0.39 is 76.7 Å². The lowest BCUT2D eigenvalue weighted by molar-refractivity contribution is -0.161. The van der Waals surface area contributed by atoms with Gasteiger partial charge in [0.2, 0.25) is 0 Å². The summed E-state index contributed by atoms with van der Waals surface area (Å²) in [7, 11) is -4.71. The van der Waals surface area contributed by atoms with Crippen molar-refractivity contribution < 1.29 is 63.1 Å². The van der Waals surface area contributed by atoms with Crippen LogP contribution in [0.25, 0.3) is 0 Å². The number of phosphoric acid groups is 1. The second-order valence-electron chi connectivity index (χ2n) is 15.7. The molecule has 8 atom stereocenters. The van der Waals surface area contributed by atoms with E-state index in [-0.39, 0.29) is 31.1 Å². The Morgan fingerprint density at radius 3 is 1.87 bits per heavy atom. The van der Waals surface area contributed by atoms with E-state index in [2.05, 4.69) is 60.9 Å². The molecule has 0 saturated heterocycles. The number of rotatable bonds is 37. The Morgan fingerprint density at radius 1 is 0.677 bits per heavy atom. The molecule has 0 amide bonds. The van der Waals surface area contributed by atoms with Gasteiger partial charge in [0, 0.05) is 25.2 Å². The van der Waals surface area contributed by atoms with E-state index in [0.717, 1.165) is 44.9 Å². The zero-order valence-corrected chi connectivity index (χ0v) is 38.3. The summed E-state index contributed by atoms with van der Waals surface area (Å²) < 4.78 is 32.6. The number of phosphoric ester groups is 1. The number of hydrogen-bond donors (Lipinski definition) is 6. The fourth-order valence-electron chi connectivity index (χ4n) is 6.50. The maximum atomic E-state index is 12.7. The van der Waals surface area contributed by atoms with Gasteiger partial charge in [-0.3, -0.25) is 18.6 Å². The smallest absolute Gasteiger partial charge is 0.462 e. The quantitative estimate of drug-likeness (QED) is 0.0150. The van der Waals surface area contributed by atoms with Crippen molar-refractivity contribution in [2.75, 3.05) is 26.4 Å².